The van der Waals surface area contributed by atoms with Gasteiger partial charge in [0.2, 0.25) is 11.8 Å². The Bertz CT molecular complexity index is 606. The van der Waals surface area contributed by atoms with Crippen LogP contribution in [0.1, 0.15) is 48.5 Å². The second kappa shape index (κ2) is 7.95. The van der Waals surface area contributed by atoms with E-state index in [1.165, 1.54) is 19.1 Å². The van der Waals surface area contributed by atoms with E-state index in [-0.39, 0.29) is 23.3 Å². The van der Waals surface area contributed by atoms with E-state index < -0.39 is 12.0 Å². The van der Waals surface area contributed by atoms with Gasteiger partial charge in [0, 0.05) is 20.5 Å². The van der Waals surface area contributed by atoms with Gasteiger partial charge in [0.1, 0.15) is 6.04 Å². The Hall–Kier alpha value is -2.37. The lowest BCUT2D eigenvalue weighted by atomic mass is 9.96. The molecule has 6 nitrogen and oxygen atoms in total. The van der Waals surface area contributed by atoms with Crippen molar-refractivity contribution in [3.05, 3.63) is 35.4 Å². The van der Waals surface area contributed by atoms with Crippen LogP contribution in [-0.2, 0) is 16.1 Å². The first-order valence-corrected chi connectivity index (χ1v) is 8.23. The number of hydrogen-bond acceptors (Lipinski definition) is 3. The molecule has 0 aromatic heterocycles. The minimum absolute atomic E-state index is 0.0978. The van der Waals surface area contributed by atoms with Crippen LogP contribution in [0.25, 0.3) is 0 Å². The molecule has 0 unspecified atom stereocenters. The smallest absolute Gasteiger partial charge is 0.335 e. The molecule has 1 atom stereocenters. The monoisotopic (exact) mass is 332 g/mol. The highest BCUT2D eigenvalue weighted by molar-refractivity contribution is 5.88. The van der Waals surface area contributed by atoms with Crippen LogP contribution in [0.4, 0.5) is 0 Å². The summed E-state index contributed by atoms with van der Waals surface area (Å²) in [6.45, 7) is 1.81. The maximum Gasteiger partial charge on any atom is 0.335 e. The van der Waals surface area contributed by atoms with Crippen molar-refractivity contribution in [2.75, 3.05) is 7.05 Å². The van der Waals surface area contributed by atoms with Crippen LogP contribution in [0.3, 0.4) is 0 Å². The molecule has 24 heavy (non-hydrogen) atoms. The lowest BCUT2D eigenvalue weighted by molar-refractivity contribution is -0.137. The number of carboxylic acid groups (broad SMARTS) is 1. The lowest BCUT2D eigenvalue weighted by Gasteiger charge is -2.28. The van der Waals surface area contributed by atoms with Gasteiger partial charge >= 0.3 is 5.97 Å². The number of nitrogens with one attached hydrogen (secondary N) is 1. The number of rotatable bonds is 6. The van der Waals surface area contributed by atoms with Crippen molar-refractivity contribution < 1.29 is 19.5 Å². The zero-order chi connectivity index (χ0) is 17.7. The third kappa shape index (κ3) is 4.57. The minimum atomic E-state index is -0.974. The van der Waals surface area contributed by atoms with Crippen molar-refractivity contribution in [2.24, 2.45) is 5.92 Å². The van der Waals surface area contributed by atoms with Crippen LogP contribution in [0, 0.1) is 5.92 Å². The Balaban J connectivity index is 2.04. The predicted octanol–water partition coefficient (Wildman–Crippen LogP) is 2.04. The lowest BCUT2D eigenvalue weighted by Crippen LogP contribution is -2.50. The highest BCUT2D eigenvalue weighted by atomic mass is 16.4. The molecule has 2 amide bonds. The quantitative estimate of drug-likeness (QED) is 0.834. The van der Waals surface area contributed by atoms with Gasteiger partial charge in [-0.05, 0) is 36.5 Å². The maximum absolute atomic E-state index is 12.8. The van der Waals surface area contributed by atoms with Crippen LogP contribution < -0.4 is 5.32 Å². The van der Waals surface area contributed by atoms with E-state index >= 15 is 0 Å². The molecule has 1 fully saturated rings. The molecule has 0 radical (unpaired) electrons. The summed E-state index contributed by atoms with van der Waals surface area (Å²) in [6, 6.07) is 5.98. The van der Waals surface area contributed by atoms with Crippen molar-refractivity contribution in [2.45, 2.75) is 45.2 Å². The highest BCUT2D eigenvalue weighted by Crippen LogP contribution is 2.28. The van der Waals surface area contributed by atoms with Crippen molar-refractivity contribution in [1.82, 2.24) is 10.2 Å². The number of likely N-dealkylation sites (N-methyl/N-ethyl adjacent to an activating group) is 1. The van der Waals surface area contributed by atoms with Crippen LogP contribution in [0.15, 0.2) is 24.3 Å². The number of aromatic carboxylic acids is 1. The summed E-state index contributed by atoms with van der Waals surface area (Å²) in [5.41, 5.74) is 1.07. The van der Waals surface area contributed by atoms with E-state index in [0.717, 1.165) is 31.2 Å². The topological polar surface area (TPSA) is 86.7 Å². The van der Waals surface area contributed by atoms with Crippen molar-refractivity contribution >= 4 is 17.8 Å². The van der Waals surface area contributed by atoms with Gasteiger partial charge in [-0.2, -0.15) is 0 Å². The van der Waals surface area contributed by atoms with Gasteiger partial charge in [-0.1, -0.05) is 25.0 Å². The second-order valence-corrected chi connectivity index (χ2v) is 6.42. The average molecular weight is 332 g/mol. The summed E-state index contributed by atoms with van der Waals surface area (Å²) >= 11 is 0. The SMILES string of the molecule is CC(=O)N[C@H](C(=O)N(C)Cc1ccc(C(=O)O)cc1)C1CCCC1. The van der Waals surface area contributed by atoms with E-state index in [4.69, 9.17) is 5.11 Å². The predicted molar refractivity (Wildman–Crippen MR) is 89.4 cm³/mol. The van der Waals surface area contributed by atoms with Crippen molar-refractivity contribution in [1.29, 1.82) is 0 Å². The maximum atomic E-state index is 12.8. The van der Waals surface area contributed by atoms with Gasteiger partial charge in [0.15, 0.2) is 0 Å². The fourth-order valence-corrected chi connectivity index (χ4v) is 3.23. The Morgan fingerprint density at radius 3 is 2.29 bits per heavy atom. The summed E-state index contributed by atoms with van der Waals surface area (Å²) in [5, 5.41) is 11.7. The van der Waals surface area contributed by atoms with E-state index in [2.05, 4.69) is 5.32 Å². The molecular weight excluding hydrogens is 308 g/mol. The van der Waals surface area contributed by atoms with Gasteiger partial charge in [-0.3, -0.25) is 9.59 Å². The molecule has 1 aliphatic carbocycles. The van der Waals surface area contributed by atoms with Crippen LogP contribution in [0.5, 0.6) is 0 Å². The Labute approximate surface area is 141 Å². The zero-order valence-electron chi connectivity index (χ0n) is 14.1. The molecule has 2 rings (SSSR count). The van der Waals surface area contributed by atoms with Gasteiger partial charge in [0.25, 0.3) is 0 Å². The van der Waals surface area contributed by atoms with Gasteiger partial charge in [-0.15, -0.1) is 0 Å². The van der Waals surface area contributed by atoms with Crippen LogP contribution in [0.2, 0.25) is 0 Å². The normalized spacial score (nSPS) is 15.8. The Morgan fingerprint density at radius 1 is 1.21 bits per heavy atom. The van der Waals surface area contributed by atoms with Gasteiger partial charge in [-0.25, -0.2) is 4.79 Å². The number of carboxylic acids is 1. The van der Waals surface area contributed by atoms with Gasteiger partial charge in [0.05, 0.1) is 5.56 Å². The first-order valence-electron chi connectivity index (χ1n) is 8.23. The molecule has 0 saturated heterocycles. The third-order valence-corrected chi connectivity index (χ3v) is 4.49. The molecule has 1 saturated carbocycles. The molecule has 0 heterocycles. The second-order valence-electron chi connectivity index (χ2n) is 6.42. The molecule has 1 aliphatic rings. The van der Waals surface area contributed by atoms with E-state index in [1.54, 1.807) is 24.1 Å². The van der Waals surface area contributed by atoms with E-state index in [9.17, 15) is 14.4 Å². The molecule has 6 heteroatoms. The van der Waals surface area contributed by atoms with E-state index in [1.807, 2.05) is 0 Å². The first-order chi connectivity index (χ1) is 11.4. The van der Waals surface area contributed by atoms with Crippen molar-refractivity contribution in [3.8, 4) is 0 Å². The minimum Gasteiger partial charge on any atom is -0.478 e. The van der Waals surface area contributed by atoms with Crippen molar-refractivity contribution in [3.63, 3.8) is 0 Å². The molecule has 0 spiro atoms. The zero-order valence-corrected chi connectivity index (χ0v) is 14.1. The molecule has 1 aromatic carbocycles. The number of carbonyl (C=O) groups is 3. The molecule has 0 aliphatic heterocycles. The average Bonchev–Trinajstić information content (AvgIpc) is 3.06. The number of amides is 2. The largest absolute Gasteiger partial charge is 0.478 e. The number of benzene rings is 1. The Kier molecular flexibility index (Phi) is 5.95. The Morgan fingerprint density at radius 2 is 1.79 bits per heavy atom. The molecule has 0 bridgehead atoms. The number of nitrogens with zero attached hydrogens (tertiary/aromatic N) is 1. The standard InChI is InChI=1S/C18H24N2O4/c1-12(21)19-16(14-5-3-4-6-14)17(22)20(2)11-13-7-9-15(10-8-13)18(23)24/h7-10,14,16H,3-6,11H2,1-2H3,(H,19,21)(H,23,24)/t16-/m0/s1. The summed E-state index contributed by atoms with van der Waals surface area (Å²) in [4.78, 5) is 36.7. The number of hydrogen-bond donors (Lipinski definition) is 2. The van der Waals surface area contributed by atoms with Gasteiger partial charge < -0.3 is 15.3 Å². The van der Waals surface area contributed by atoms with Crippen LogP contribution in [-0.4, -0.2) is 40.9 Å². The fourth-order valence-electron chi connectivity index (χ4n) is 3.23. The molecular formula is C18H24N2O4. The van der Waals surface area contributed by atoms with Crippen LogP contribution >= 0.6 is 0 Å². The fraction of sp³-hybridized carbons (Fsp3) is 0.500. The summed E-state index contributed by atoms with van der Waals surface area (Å²) < 4.78 is 0. The summed E-state index contributed by atoms with van der Waals surface area (Å²) in [6.07, 6.45) is 4.10. The molecule has 130 valence electrons. The highest BCUT2D eigenvalue weighted by Gasteiger charge is 2.33. The first kappa shape index (κ1) is 18.0. The van der Waals surface area contributed by atoms with E-state index in [0.29, 0.717) is 6.54 Å². The summed E-state index contributed by atoms with van der Waals surface area (Å²) in [5.74, 6) is -1.07. The molecule has 2 N–H and O–H groups in total. The third-order valence-electron chi connectivity index (χ3n) is 4.49. The number of carbonyl (C=O) groups excluding carboxylic acids is 2. The molecule has 1 aromatic rings. The summed E-state index contributed by atoms with van der Waals surface area (Å²) in [7, 11) is 1.71.